The zero-order valence-corrected chi connectivity index (χ0v) is 17.2. The third-order valence-corrected chi connectivity index (χ3v) is 4.16. The molecule has 2 rings (SSSR count). The van der Waals surface area contributed by atoms with Gasteiger partial charge in [0.15, 0.2) is 0 Å². The molecule has 0 amide bonds. The second kappa shape index (κ2) is 11.4. The minimum Gasteiger partial charge on any atom is -0.328 e. The number of likely N-dealkylation sites (N-methyl/N-ethyl adjacent to an activating group) is 1. The van der Waals surface area contributed by atoms with Crippen LogP contribution in [-0.2, 0) is 25.2 Å². The third kappa shape index (κ3) is 9.63. The summed E-state index contributed by atoms with van der Waals surface area (Å²) in [5.41, 5.74) is 5.64. The summed E-state index contributed by atoms with van der Waals surface area (Å²) in [5, 5.41) is 3.17. The summed E-state index contributed by atoms with van der Waals surface area (Å²) in [6.07, 6.45) is -7.45. The van der Waals surface area contributed by atoms with Gasteiger partial charge < -0.3 is 11.1 Å². The van der Waals surface area contributed by atoms with Crippen LogP contribution in [0.15, 0.2) is 48.5 Å². The van der Waals surface area contributed by atoms with Gasteiger partial charge in [-0.1, -0.05) is 43.3 Å². The normalized spacial score (nSPS) is 13.9. The quantitative estimate of drug-likeness (QED) is 0.561. The molecule has 2 aromatic carbocycles. The first-order chi connectivity index (χ1) is 13.8. The number of alkyl halides is 6. The Morgan fingerprint density at radius 2 is 1.23 bits per heavy atom. The number of hydrogen-bond acceptors (Lipinski definition) is 2. The van der Waals surface area contributed by atoms with E-state index in [1.165, 1.54) is 18.2 Å². The molecular weight excluding hydrogens is 406 g/mol. The fraction of sp³-hybridized carbons (Fsp3) is 0.455. The Morgan fingerprint density at radius 1 is 0.800 bits per heavy atom. The van der Waals surface area contributed by atoms with E-state index in [1.54, 1.807) is 19.1 Å². The van der Waals surface area contributed by atoms with Crippen LogP contribution in [0.1, 0.15) is 43.0 Å². The van der Waals surface area contributed by atoms with Gasteiger partial charge in [0, 0.05) is 12.1 Å². The minimum absolute atomic E-state index is 0.126. The van der Waals surface area contributed by atoms with Crippen molar-refractivity contribution in [3.05, 3.63) is 70.8 Å². The molecule has 0 aliphatic heterocycles. The Morgan fingerprint density at radius 3 is 1.60 bits per heavy atom. The van der Waals surface area contributed by atoms with Crippen LogP contribution in [0.5, 0.6) is 0 Å². The van der Waals surface area contributed by atoms with Crippen molar-refractivity contribution in [2.45, 2.75) is 58.0 Å². The highest BCUT2D eigenvalue weighted by Gasteiger charge is 2.31. The molecule has 2 nitrogen and oxygen atoms in total. The van der Waals surface area contributed by atoms with Crippen molar-refractivity contribution in [3.63, 3.8) is 0 Å². The molecule has 0 saturated carbocycles. The van der Waals surface area contributed by atoms with Gasteiger partial charge in [0.05, 0.1) is 11.1 Å². The molecule has 0 bridgehead atoms. The molecule has 0 heterocycles. The summed E-state index contributed by atoms with van der Waals surface area (Å²) in [6.45, 7) is 6.52. The van der Waals surface area contributed by atoms with Gasteiger partial charge in [-0.15, -0.1) is 0 Å². The largest absolute Gasteiger partial charge is 0.416 e. The Kier molecular flexibility index (Phi) is 9.84. The molecule has 2 unspecified atom stereocenters. The van der Waals surface area contributed by atoms with Crippen LogP contribution in [0.4, 0.5) is 26.3 Å². The number of halogens is 6. The van der Waals surface area contributed by atoms with Gasteiger partial charge in [-0.2, -0.15) is 26.3 Å². The van der Waals surface area contributed by atoms with Crippen molar-refractivity contribution in [2.24, 2.45) is 5.73 Å². The lowest BCUT2D eigenvalue weighted by Crippen LogP contribution is -2.27. The van der Waals surface area contributed by atoms with Gasteiger partial charge in [-0.05, 0) is 56.5 Å². The van der Waals surface area contributed by atoms with E-state index in [0.29, 0.717) is 24.0 Å². The Labute approximate surface area is 173 Å². The van der Waals surface area contributed by atoms with Crippen molar-refractivity contribution in [1.29, 1.82) is 0 Å². The van der Waals surface area contributed by atoms with E-state index in [9.17, 15) is 26.3 Å². The molecule has 168 valence electrons. The monoisotopic (exact) mass is 434 g/mol. The summed E-state index contributed by atoms with van der Waals surface area (Å²) < 4.78 is 74.1. The predicted molar refractivity (Wildman–Crippen MR) is 107 cm³/mol. The average Bonchev–Trinajstić information content (AvgIpc) is 2.61. The van der Waals surface area contributed by atoms with Gasteiger partial charge in [0.2, 0.25) is 0 Å². The maximum absolute atomic E-state index is 12.4. The predicted octanol–water partition coefficient (Wildman–Crippen LogP) is 5.84. The molecule has 2 aromatic rings. The van der Waals surface area contributed by atoms with E-state index in [-0.39, 0.29) is 12.1 Å². The van der Waals surface area contributed by atoms with E-state index in [0.717, 1.165) is 24.7 Å². The standard InChI is InChI=1S/C12H16F3N.C10H12F3N/c1-3-16-9(2)7-10-5-4-6-11(8-10)12(13,14)15;1-7(14)5-8-3-2-4-9(6-8)10(11,12)13/h4-6,8-9,16H,3,7H2,1-2H3;2-4,6-7H,5,14H2,1H3. The fourth-order valence-electron chi connectivity index (χ4n) is 2.90. The highest BCUT2D eigenvalue weighted by molar-refractivity contribution is 5.27. The van der Waals surface area contributed by atoms with Crippen LogP contribution >= 0.6 is 0 Å². The Bertz CT molecular complexity index is 769. The summed E-state index contributed by atoms with van der Waals surface area (Å²) in [4.78, 5) is 0. The molecule has 2 atom stereocenters. The SMILES string of the molecule is CC(N)Cc1cccc(C(F)(F)F)c1.CCNC(C)Cc1cccc(C(F)(F)F)c1. The number of nitrogens with two attached hydrogens (primary N) is 1. The Hall–Kier alpha value is -2.06. The summed E-state index contributed by atoms with van der Waals surface area (Å²) in [6, 6.07) is 10.8. The van der Waals surface area contributed by atoms with E-state index in [2.05, 4.69) is 5.32 Å². The second-order valence-corrected chi connectivity index (χ2v) is 7.24. The van der Waals surface area contributed by atoms with Crippen LogP contribution < -0.4 is 11.1 Å². The average molecular weight is 434 g/mol. The van der Waals surface area contributed by atoms with Gasteiger partial charge in [-0.25, -0.2) is 0 Å². The van der Waals surface area contributed by atoms with Crippen molar-refractivity contribution < 1.29 is 26.3 Å². The molecule has 0 aromatic heterocycles. The van der Waals surface area contributed by atoms with E-state index in [4.69, 9.17) is 5.73 Å². The zero-order valence-electron chi connectivity index (χ0n) is 17.2. The van der Waals surface area contributed by atoms with Gasteiger partial charge in [0.25, 0.3) is 0 Å². The van der Waals surface area contributed by atoms with Crippen LogP contribution in [0.25, 0.3) is 0 Å². The first kappa shape index (κ1) is 26.0. The molecule has 0 radical (unpaired) electrons. The highest BCUT2D eigenvalue weighted by Crippen LogP contribution is 2.30. The summed E-state index contributed by atoms with van der Waals surface area (Å²) in [7, 11) is 0. The van der Waals surface area contributed by atoms with Crippen molar-refractivity contribution >= 4 is 0 Å². The van der Waals surface area contributed by atoms with Crippen molar-refractivity contribution in [3.8, 4) is 0 Å². The number of rotatable bonds is 6. The molecule has 0 spiro atoms. The van der Waals surface area contributed by atoms with E-state index >= 15 is 0 Å². The maximum atomic E-state index is 12.4. The number of nitrogens with one attached hydrogen (secondary N) is 1. The molecule has 0 aliphatic rings. The first-order valence-corrected chi connectivity index (χ1v) is 9.64. The number of hydrogen-bond donors (Lipinski definition) is 2. The van der Waals surface area contributed by atoms with Crippen molar-refractivity contribution in [2.75, 3.05) is 6.54 Å². The van der Waals surface area contributed by atoms with Gasteiger partial charge in [0.1, 0.15) is 0 Å². The molecule has 0 saturated heterocycles. The lowest BCUT2D eigenvalue weighted by atomic mass is 10.0. The van der Waals surface area contributed by atoms with Gasteiger partial charge in [-0.3, -0.25) is 0 Å². The number of benzene rings is 2. The topological polar surface area (TPSA) is 38.0 Å². The van der Waals surface area contributed by atoms with Gasteiger partial charge >= 0.3 is 12.4 Å². The molecule has 8 heteroatoms. The van der Waals surface area contributed by atoms with Crippen molar-refractivity contribution in [1.82, 2.24) is 5.32 Å². The van der Waals surface area contributed by atoms with Crippen LogP contribution in [-0.4, -0.2) is 18.6 Å². The fourth-order valence-corrected chi connectivity index (χ4v) is 2.90. The summed E-state index contributed by atoms with van der Waals surface area (Å²) in [5.74, 6) is 0. The van der Waals surface area contributed by atoms with Crippen LogP contribution in [0.3, 0.4) is 0 Å². The van der Waals surface area contributed by atoms with E-state index < -0.39 is 23.5 Å². The zero-order chi connectivity index (χ0) is 22.9. The molecular formula is C22H28F6N2. The van der Waals surface area contributed by atoms with Crippen LogP contribution in [0, 0.1) is 0 Å². The smallest absolute Gasteiger partial charge is 0.328 e. The van der Waals surface area contributed by atoms with Crippen LogP contribution in [0.2, 0.25) is 0 Å². The summed E-state index contributed by atoms with van der Waals surface area (Å²) >= 11 is 0. The maximum Gasteiger partial charge on any atom is 0.416 e. The third-order valence-electron chi connectivity index (χ3n) is 4.16. The first-order valence-electron chi connectivity index (χ1n) is 9.64. The second-order valence-electron chi connectivity index (χ2n) is 7.24. The molecule has 3 N–H and O–H groups in total. The minimum atomic E-state index is -4.27. The van der Waals surface area contributed by atoms with E-state index in [1.807, 2.05) is 13.8 Å². The lowest BCUT2D eigenvalue weighted by molar-refractivity contribution is -0.138. The highest BCUT2D eigenvalue weighted by atomic mass is 19.4. The Balaban J connectivity index is 0.000000303. The molecule has 0 fully saturated rings. The lowest BCUT2D eigenvalue weighted by Gasteiger charge is -2.13. The molecule has 0 aliphatic carbocycles. The molecule has 30 heavy (non-hydrogen) atoms.